The molecule has 110 valence electrons. The number of benzene rings is 2. The van der Waals surface area contributed by atoms with E-state index < -0.39 is 0 Å². The van der Waals surface area contributed by atoms with Gasteiger partial charge in [-0.2, -0.15) is 0 Å². The molecule has 0 saturated heterocycles. The number of halogens is 3. The Balaban J connectivity index is 1.94. The lowest BCUT2D eigenvalue weighted by atomic mass is 10.0. The van der Waals surface area contributed by atoms with Gasteiger partial charge in [0, 0.05) is 9.99 Å². The summed E-state index contributed by atoms with van der Waals surface area (Å²) in [6.07, 6.45) is 0.865. The van der Waals surface area contributed by atoms with Crippen LogP contribution < -0.4 is 9.47 Å². The Bertz CT molecular complexity index is 663. The summed E-state index contributed by atoms with van der Waals surface area (Å²) in [4.78, 5) is 0. The second-order valence-electron chi connectivity index (χ2n) is 4.79. The van der Waals surface area contributed by atoms with Crippen molar-refractivity contribution in [2.75, 3.05) is 13.2 Å². The summed E-state index contributed by atoms with van der Waals surface area (Å²) in [5, 5.41) is -0.352. The van der Waals surface area contributed by atoms with Crippen molar-refractivity contribution in [3.05, 3.63) is 56.9 Å². The minimum Gasteiger partial charge on any atom is -0.490 e. The van der Waals surface area contributed by atoms with Crippen molar-refractivity contribution in [2.24, 2.45) is 0 Å². The summed E-state index contributed by atoms with van der Waals surface area (Å²) in [6.45, 7) is 1.30. The number of alkyl halides is 1. The predicted molar refractivity (Wildman–Crippen MR) is 88.9 cm³/mol. The zero-order chi connectivity index (χ0) is 14.8. The van der Waals surface area contributed by atoms with Crippen LogP contribution in [0.3, 0.4) is 0 Å². The summed E-state index contributed by atoms with van der Waals surface area (Å²) >= 11 is 8.65. The average Bonchev–Trinajstić information content (AvgIpc) is 2.71. The summed E-state index contributed by atoms with van der Waals surface area (Å²) < 4.78 is 25.3. The van der Waals surface area contributed by atoms with Crippen molar-refractivity contribution < 1.29 is 13.9 Å². The van der Waals surface area contributed by atoms with E-state index in [2.05, 4.69) is 22.6 Å². The lowest BCUT2D eigenvalue weighted by Gasteiger charge is -2.15. The van der Waals surface area contributed by atoms with Crippen LogP contribution in [0.1, 0.15) is 22.9 Å². The zero-order valence-electron chi connectivity index (χ0n) is 11.1. The minimum atomic E-state index is -0.352. The molecule has 1 heterocycles. The molecule has 0 N–H and O–H groups in total. The average molecular weight is 419 g/mol. The Labute approximate surface area is 141 Å². The van der Waals surface area contributed by atoms with E-state index in [-0.39, 0.29) is 11.2 Å². The van der Waals surface area contributed by atoms with E-state index in [9.17, 15) is 4.39 Å². The Hall–Kier alpha value is -1.01. The van der Waals surface area contributed by atoms with Gasteiger partial charge in [-0.1, -0.05) is 12.1 Å². The molecule has 1 atom stereocenters. The van der Waals surface area contributed by atoms with E-state index in [0.717, 1.165) is 26.9 Å². The van der Waals surface area contributed by atoms with E-state index in [1.165, 1.54) is 12.1 Å². The molecular formula is C16H13ClFIO2. The van der Waals surface area contributed by atoms with E-state index >= 15 is 0 Å². The maximum atomic E-state index is 13.2. The van der Waals surface area contributed by atoms with Crippen LogP contribution in [0.25, 0.3) is 0 Å². The molecule has 5 heteroatoms. The maximum Gasteiger partial charge on any atom is 0.161 e. The van der Waals surface area contributed by atoms with Crippen LogP contribution in [0.15, 0.2) is 36.4 Å². The van der Waals surface area contributed by atoms with Crippen LogP contribution in [0.4, 0.5) is 4.39 Å². The van der Waals surface area contributed by atoms with Crippen molar-refractivity contribution in [3.63, 3.8) is 0 Å². The normalized spacial score (nSPS) is 15.4. The van der Waals surface area contributed by atoms with Crippen molar-refractivity contribution in [3.8, 4) is 11.5 Å². The van der Waals surface area contributed by atoms with Gasteiger partial charge >= 0.3 is 0 Å². The number of hydrogen-bond donors (Lipinski definition) is 0. The highest BCUT2D eigenvalue weighted by Gasteiger charge is 2.18. The van der Waals surface area contributed by atoms with Gasteiger partial charge in [-0.25, -0.2) is 4.39 Å². The standard InChI is InChI=1S/C16H13ClFIO2/c17-16(12-4-3-11(18)9-13(12)19)10-2-5-14-15(8-10)21-7-1-6-20-14/h2-5,8-9,16H,1,6-7H2. The molecule has 0 bridgehead atoms. The molecule has 0 amide bonds. The van der Waals surface area contributed by atoms with Crippen LogP contribution in [-0.4, -0.2) is 13.2 Å². The number of ether oxygens (including phenoxy) is 2. The van der Waals surface area contributed by atoms with E-state index in [0.29, 0.717) is 19.0 Å². The molecule has 2 aromatic carbocycles. The van der Waals surface area contributed by atoms with Crippen LogP contribution in [0, 0.1) is 9.39 Å². The summed E-state index contributed by atoms with van der Waals surface area (Å²) in [5.74, 6) is 1.20. The molecule has 3 rings (SSSR count). The number of hydrogen-bond acceptors (Lipinski definition) is 2. The fourth-order valence-electron chi connectivity index (χ4n) is 2.22. The first-order chi connectivity index (χ1) is 10.1. The third kappa shape index (κ3) is 3.26. The van der Waals surface area contributed by atoms with Gasteiger partial charge < -0.3 is 9.47 Å². The molecule has 0 saturated carbocycles. The Morgan fingerprint density at radius 2 is 1.81 bits per heavy atom. The Kier molecular flexibility index (Phi) is 4.54. The largest absolute Gasteiger partial charge is 0.490 e. The number of rotatable bonds is 2. The molecule has 0 aromatic heterocycles. The van der Waals surface area contributed by atoms with Gasteiger partial charge in [-0.05, 0) is 58.0 Å². The first kappa shape index (κ1) is 14.9. The molecule has 2 aromatic rings. The van der Waals surface area contributed by atoms with E-state index in [4.69, 9.17) is 21.1 Å². The molecule has 2 nitrogen and oxygen atoms in total. The SMILES string of the molecule is Fc1ccc(C(Cl)c2ccc3c(c2)OCCCO3)c(I)c1. The molecule has 1 aliphatic rings. The van der Waals surface area contributed by atoms with Crippen molar-refractivity contribution >= 4 is 34.2 Å². The second-order valence-corrected chi connectivity index (χ2v) is 6.38. The molecule has 0 aliphatic carbocycles. The zero-order valence-corrected chi connectivity index (χ0v) is 14.0. The molecular weight excluding hydrogens is 406 g/mol. The highest BCUT2D eigenvalue weighted by atomic mass is 127. The van der Waals surface area contributed by atoms with Crippen LogP contribution in [0.2, 0.25) is 0 Å². The first-order valence-corrected chi connectivity index (χ1v) is 8.15. The molecule has 0 spiro atoms. The second kappa shape index (κ2) is 6.40. The summed E-state index contributed by atoms with van der Waals surface area (Å²) in [7, 11) is 0. The van der Waals surface area contributed by atoms with Crippen LogP contribution in [-0.2, 0) is 0 Å². The predicted octanol–water partition coefficient (Wildman–Crippen LogP) is 4.92. The third-order valence-electron chi connectivity index (χ3n) is 3.30. The van der Waals surface area contributed by atoms with Gasteiger partial charge in [0.15, 0.2) is 11.5 Å². The maximum absolute atomic E-state index is 13.2. The fraction of sp³-hybridized carbons (Fsp3) is 0.250. The highest BCUT2D eigenvalue weighted by Crippen LogP contribution is 2.37. The molecule has 0 radical (unpaired) electrons. The molecule has 1 aliphatic heterocycles. The summed E-state index contributed by atoms with van der Waals surface area (Å²) in [6, 6.07) is 10.3. The lowest BCUT2D eigenvalue weighted by Crippen LogP contribution is -1.99. The number of fused-ring (bicyclic) bond motifs is 1. The Morgan fingerprint density at radius 1 is 1.05 bits per heavy atom. The van der Waals surface area contributed by atoms with Gasteiger partial charge in [-0.3, -0.25) is 0 Å². The molecule has 0 fully saturated rings. The summed E-state index contributed by atoms with van der Waals surface area (Å²) in [5.41, 5.74) is 1.79. The van der Waals surface area contributed by atoms with Gasteiger partial charge in [-0.15, -0.1) is 11.6 Å². The van der Waals surface area contributed by atoms with Gasteiger partial charge in [0.2, 0.25) is 0 Å². The van der Waals surface area contributed by atoms with Gasteiger partial charge in [0.1, 0.15) is 5.82 Å². The monoisotopic (exact) mass is 418 g/mol. The van der Waals surface area contributed by atoms with Crippen molar-refractivity contribution in [2.45, 2.75) is 11.8 Å². The van der Waals surface area contributed by atoms with Crippen molar-refractivity contribution in [1.82, 2.24) is 0 Å². The fourth-order valence-corrected chi connectivity index (χ4v) is 3.52. The van der Waals surface area contributed by atoms with Gasteiger partial charge in [0.25, 0.3) is 0 Å². The highest BCUT2D eigenvalue weighted by molar-refractivity contribution is 14.1. The van der Waals surface area contributed by atoms with Crippen molar-refractivity contribution in [1.29, 1.82) is 0 Å². The molecule has 21 heavy (non-hydrogen) atoms. The topological polar surface area (TPSA) is 18.5 Å². The van der Waals surface area contributed by atoms with E-state index in [1.807, 2.05) is 18.2 Å². The quantitative estimate of drug-likeness (QED) is 0.509. The van der Waals surface area contributed by atoms with E-state index in [1.54, 1.807) is 6.07 Å². The smallest absolute Gasteiger partial charge is 0.161 e. The van der Waals surface area contributed by atoms with Gasteiger partial charge in [0.05, 0.1) is 18.6 Å². The van der Waals surface area contributed by atoms with Crippen LogP contribution in [0.5, 0.6) is 11.5 Å². The van der Waals surface area contributed by atoms with Crippen LogP contribution >= 0.6 is 34.2 Å². The molecule has 1 unspecified atom stereocenters. The lowest BCUT2D eigenvalue weighted by molar-refractivity contribution is 0.297. The Morgan fingerprint density at radius 3 is 2.57 bits per heavy atom. The third-order valence-corrected chi connectivity index (χ3v) is 4.72. The first-order valence-electron chi connectivity index (χ1n) is 6.64. The minimum absolute atomic E-state index is 0.259.